The third kappa shape index (κ3) is 5.01. The molecule has 2 N–H and O–H groups in total. The molecule has 1 aromatic carbocycles. The Hall–Kier alpha value is -1.62. The summed E-state index contributed by atoms with van der Waals surface area (Å²) < 4.78 is 19.5. The van der Waals surface area contributed by atoms with E-state index in [-0.39, 0.29) is 23.8 Å². The minimum absolute atomic E-state index is 0.0785. The zero-order valence-electron chi connectivity index (χ0n) is 13.4. The van der Waals surface area contributed by atoms with Crippen molar-refractivity contribution in [3.63, 3.8) is 0 Å². The third-order valence-corrected chi connectivity index (χ3v) is 3.55. The third-order valence-electron chi connectivity index (χ3n) is 3.55. The number of ether oxygens (including phenoxy) is 1. The van der Waals surface area contributed by atoms with Crippen molar-refractivity contribution in [1.82, 2.24) is 10.6 Å². The van der Waals surface area contributed by atoms with Gasteiger partial charge in [-0.15, -0.1) is 0 Å². The van der Waals surface area contributed by atoms with Gasteiger partial charge >= 0.3 is 0 Å². The Morgan fingerprint density at radius 1 is 1.33 bits per heavy atom. The lowest BCUT2D eigenvalue weighted by Crippen LogP contribution is -2.41. The maximum absolute atomic E-state index is 14.0. The van der Waals surface area contributed by atoms with Gasteiger partial charge in [-0.25, -0.2) is 4.39 Å². The van der Waals surface area contributed by atoms with Gasteiger partial charge in [-0.1, -0.05) is 13.0 Å². The Morgan fingerprint density at radius 2 is 2.00 bits per heavy atom. The molecule has 5 heteroatoms. The molecule has 0 aromatic heterocycles. The number of carbonyl (C=O) groups excluding carboxylic acids is 1. The Morgan fingerprint density at radius 3 is 2.52 bits per heavy atom. The summed E-state index contributed by atoms with van der Waals surface area (Å²) in [5.74, 6) is -0.187. The van der Waals surface area contributed by atoms with Gasteiger partial charge in [0, 0.05) is 23.7 Å². The first-order chi connectivity index (χ1) is 9.88. The summed E-state index contributed by atoms with van der Waals surface area (Å²) in [6, 6.07) is 4.69. The molecule has 0 saturated heterocycles. The zero-order chi connectivity index (χ0) is 16.0. The second-order valence-electron chi connectivity index (χ2n) is 5.27. The van der Waals surface area contributed by atoms with Crippen molar-refractivity contribution < 1.29 is 13.9 Å². The molecule has 0 aliphatic rings. The van der Waals surface area contributed by atoms with Gasteiger partial charge in [-0.2, -0.15) is 0 Å². The second-order valence-corrected chi connectivity index (χ2v) is 5.27. The molecule has 3 atom stereocenters. The molecule has 0 radical (unpaired) electrons. The van der Waals surface area contributed by atoms with Gasteiger partial charge < -0.3 is 15.4 Å². The Bertz CT molecular complexity index is 479. The lowest BCUT2D eigenvalue weighted by atomic mass is 10.1. The van der Waals surface area contributed by atoms with E-state index in [1.165, 1.54) is 6.07 Å². The highest BCUT2D eigenvalue weighted by molar-refractivity contribution is 5.80. The summed E-state index contributed by atoms with van der Waals surface area (Å²) in [6.45, 7) is 7.45. The van der Waals surface area contributed by atoms with E-state index in [0.717, 1.165) is 6.42 Å². The molecule has 0 aliphatic heterocycles. The largest absolute Gasteiger partial charge is 0.481 e. The minimum Gasteiger partial charge on any atom is -0.481 e. The lowest BCUT2D eigenvalue weighted by Gasteiger charge is -2.18. The summed E-state index contributed by atoms with van der Waals surface area (Å²) >= 11 is 0. The molecule has 1 aromatic rings. The molecule has 0 saturated carbocycles. The maximum Gasteiger partial charge on any atom is 0.260 e. The van der Waals surface area contributed by atoms with Crippen molar-refractivity contribution in [1.29, 1.82) is 0 Å². The van der Waals surface area contributed by atoms with Crippen LogP contribution in [0, 0.1) is 5.82 Å². The van der Waals surface area contributed by atoms with E-state index in [2.05, 4.69) is 10.6 Å². The summed E-state index contributed by atoms with van der Waals surface area (Å²) in [6.07, 6.45) is 0.190. The van der Waals surface area contributed by atoms with Crippen LogP contribution in [-0.4, -0.2) is 25.1 Å². The van der Waals surface area contributed by atoms with Crippen LogP contribution in [0.1, 0.15) is 45.7 Å². The van der Waals surface area contributed by atoms with Crippen molar-refractivity contribution >= 4 is 5.91 Å². The molecule has 0 fully saturated rings. The summed E-state index contributed by atoms with van der Waals surface area (Å²) in [5.41, 5.74) is 0.571. The molecule has 4 nitrogen and oxygen atoms in total. The lowest BCUT2D eigenvalue weighted by molar-refractivity contribution is -0.127. The van der Waals surface area contributed by atoms with Crippen LogP contribution >= 0.6 is 0 Å². The molecular weight excluding hydrogens is 271 g/mol. The SMILES string of the molecule is CCC(C)NC(=O)C(C)Oc1ccc(C(C)NC)c(F)c1. The van der Waals surface area contributed by atoms with Crippen LogP contribution in [0.15, 0.2) is 18.2 Å². The number of rotatable bonds is 7. The number of hydrogen-bond donors (Lipinski definition) is 2. The molecule has 3 unspecified atom stereocenters. The van der Waals surface area contributed by atoms with E-state index in [0.29, 0.717) is 11.3 Å². The predicted octanol–water partition coefficient (Wildman–Crippen LogP) is 2.79. The highest BCUT2D eigenvalue weighted by atomic mass is 19.1. The van der Waals surface area contributed by atoms with Crippen LogP contribution in [0.25, 0.3) is 0 Å². The quantitative estimate of drug-likeness (QED) is 0.813. The molecule has 1 amide bonds. The van der Waals surface area contributed by atoms with E-state index < -0.39 is 6.10 Å². The number of nitrogens with one attached hydrogen (secondary N) is 2. The maximum atomic E-state index is 14.0. The van der Waals surface area contributed by atoms with Gasteiger partial charge in [0.1, 0.15) is 11.6 Å². The number of amides is 1. The van der Waals surface area contributed by atoms with Gasteiger partial charge in [0.25, 0.3) is 5.91 Å². The van der Waals surface area contributed by atoms with Crippen molar-refractivity contribution in [2.45, 2.75) is 52.3 Å². The van der Waals surface area contributed by atoms with Crippen LogP contribution < -0.4 is 15.4 Å². The smallest absolute Gasteiger partial charge is 0.260 e. The van der Waals surface area contributed by atoms with Crippen molar-refractivity contribution in [3.8, 4) is 5.75 Å². The minimum atomic E-state index is -0.661. The Kier molecular flexibility index (Phi) is 6.62. The topological polar surface area (TPSA) is 50.4 Å². The number of hydrogen-bond acceptors (Lipinski definition) is 3. The number of benzene rings is 1. The predicted molar refractivity (Wildman–Crippen MR) is 81.9 cm³/mol. The molecular formula is C16H25FN2O2. The van der Waals surface area contributed by atoms with Crippen LogP contribution in [0.4, 0.5) is 4.39 Å². The van der Waals surface area contributed by atoms with Crippen LogP contribution in [0.2, 0.25) is 0 Å². The van der Waals surface area contributed by atoms with Gasteiger partial charge in [-0.3, -0.25) is 4.79 Å². The van der Waals surface area contributed by atoms with Crippen LogP contribution in [0.3, 0.4) is 0 Å². The summed E-state index contributed by atoms with van der Waals surface area (Å²) in [4.78, 5) is 11.9. The average Bonchev–Trinajstić information content (AvgIpc) is 2.46. The number of carbonyl (C=O) groups is 1. The molecule has 0 heterocycles. The molecule has 0 bridgehead atoms. The first-order valence-electron chi connectivity index (χ1n) is 7.32. The van der Waals surface area contributed by atoms with E-state index in [1.807, 2.05) is 20.8 Å². The standard InChI is InChI=1S/C16H25FN2O2/c1-6-10(2)19-16(20)12(4)21-13-7-8-14(11(3)18-5)15(17)9-13/h7-12,18H,6H2,1-5H3,(H,19,20). The van der Waals surface area contributed by atoms with Crippen LogP contribution in [0.5, 0.6) is 5.75 Å². The van der Waals surface area contributed by atoms with E-state index in [1.54, 1.807) is 26.1 Å². The zero-order valence-corrected chi connectivity index (χ0v) is 13.4. The van der Waals surface area contributed by atoms with Gasteiger partial charge in [-0.05, 0) is 40.3 Å². The fourth-order valence-corrected chi connectivity index (χ4v) is 1.81. The monoisotopic (exact) mass is 296 g/mol. The first kappa shape index (κ1) is 17.4. The Balaban J connectivity index is 2.71. The van der Waals surface area contributed by atoms with Gasteiger partial charge in [0.05, 0.1) is 0 Å². The highest BCUT2D eigenvalue weighted by Crippen LogP contribution is 2.22. The molecule has 118 valence electrons. The molecule has 1 rings (SSSR count). The average molecular weight is 296 g/mol. The Labute approximate surface area is 126 Å². The number of halogens is 1. The van der Waals surface area contributed by atoms with E-state index in [4.69, 9.17) is 4.74 Å². The van der Waals surface area contributed by atoms with E-state index >= 15 is 0 Å². The molecule has 0 spiro atoms. The molecule has 0 aliphatic carbocycles. The normalized spacial score (nSPS) is 15.1. The summed E-state index contributed by atoms with van der Waals surface area (Å²) in [7, 11) is 1.77. The van der Waals surface area contributed by atoms with Gasteiger partial charge in [0.15, 0.2) is 6.10 Å². The summed E-state index contributed by atoms with van der Waals surface area (Å²) in [5, 5.41) is 5.82. The first-order valence-corrected chi connectivity index (χ1v) is 7.32. The van der Waals surface area contributed by atoms with Crippen molar-refractivity contribution in [2.75, 3.05) is 7.05 Å². The van der Waals surface area contributed by atoms with Crippen molar-refractivity contribution in [2.24, 2.45) is 0 Å². The highest BCUT2D eigenvalue weighted by Gasteiger charge is 2.17. The fourth-order valence-electron chi connectivity index (χ4n) is 1.81. The van der Waals surface area contributed by atoms with Crippen molar-refractivity contribution in [3.05, 3.63) is 29.6 Å². The van der Waals surface area contributed by atoms with Crippen LogP contribution in [-0.2, 0) is 4.79 Å². The second kappa shape index (κ2) is 7.98. The molecule has 21 heavy (non-hydrogen) atoms. The van der Waals surface area contributed by atoms with E-state index in [9.17, 15) is 9.18 Å². The fraction of sp³-hybridized carbons (Fsp3) is 0.562. The van der Waals surface area contributed by atoms with Gasteiger partial charge in [0.2, 0.25) is 0 Å².